The fourth-order valence-corrected chi connectivity index (χ4v) is 3.60. The van der Waals surface area contributed by atoms with Gasteiger partial charge in [-0.3, -0.25) is 9.69 Å². The molecule has 1 unspecified atom stereocenters. The van der Waals surface area contributed by atoms with Crippen LogP contribution in [0, 0.1) is 0 Å². The molecule has 1 aromatic carbocycles. The Morgan fingerprint density at radius 1 is 1.41 bits per heavy atom. The van der Waals surface area contributed by atoms with E-state index < -0.39 is 0 Å². The zero-order chi connectivity index (χ0) is 15.4. The minimum Gasteiger partial charge on any atom is -0.351 e. The van der Waals surface area contributed by atoms with E-state index in [0.717, 1.165) is 28.3 Å². The average Bonchev–Trinajstić information content (AvgIpc) is 3.19. The molecule has 1 amide bonds. The highest BCUT2D eigenvalue weighted by molar-refractivity contribution is 7.19. The topological polar surface area (TPSA) is 45.2 Å². The zero-order valence-electron chi connectivity index (χ0n) is 12.8. The van der Waals surface area contributed by atoms with Gasteiger partial charge < -0.3 is 5.32 Å². The van der Waals surface area contributed by atoms with Crippen LogP contribution in [0.2, 0.25) is 0 Å². The second-order valence-corrected chi connectivity index (χ2v) is 6.75. The molecular formula is C17H21N3OS. The number of carbonyl (C=O) groups excluding carboxylic acids is 1. The van der Waals surface area contributed by atoms with Gasteiger partial charge in [0.05, 0.1) is 10.2 Å². The number of benzene rings is 1. The van der Waals surface area contributed by atoms with Gasteiger partial charge in [-0.25, -0.2) is 4.98 Å². The number of nitrogens with one attached hydrogen (secondary N) is 1. The Hall–Kier alpha value is -1.72. The molecular weight excluding hydrogens is 294 g/mol. The maximum Gasteiger partial charge on any atom is 0.244 e. The lowest BCUT2D eigenvalue weighted by atomic mass is 10.3. The SMILES string of the molecule is CC(CNC(=O)/C=C/c1nc2ccccc2s1)N1CCCC1. The van der Waals surface area contributed by atoms with Crippen molar-refractivity contribution in [2.24, 2.45) is 0 Å². The highest BCUT2D eigenvalue weighted by Gasteiger charge is 2.17. The predicted octanol–water partition coefficient (Wildman–Crippen LogP) is 2.91. The number of amides is 1. The summed E-state index contributed by atoms with van der Waals surface area (Å²) in [6.45, 7) is 5.17. The summed E-state index contributed by atoms with van der Waals surface area (Å²) >= 11 is 1.60. The van der Waals surface area contributed by atoms with E-state index >= 15 is 0 Å². The summed E-state index contributed by atoms with van der Waals surface area (Å²) in [6.07, 6.45) is 5.92. The molecule has 0 bridgehead atoms. The summed E-state index contributed by atoms with van der Waals surface area (Å²) < 4.78 is 1.14. The molecule has 22 heavy (non-hydrogen) atoms. The molecule has 0 radical (unpaired) electrons. The first-order valence-electron chi connectivity index (χ1n) is 7.78. The summed E-state index contributed by atoms with van der Waals surface area (Å²) in [5.74, 6) is -0.0506. The largest absolute Gasteiger partial charge is 0.351 e. The highest BCUT2D eigenvalue weighted by atomic mass is 32.1. The number of para-hydroxylation sites is 1. The van der Waals surface area contributed by atoms with E-state index in [4.69, 9.17) is 0 Å². The van der Waals surface area contributed by atoms with E-state index in [9.17, 15) is 4.79 Å². The van der Waals surface area contributed by atoms with Crippen LogP contribution in [-0.2, 0) is 4.79 Å². The molecule has 3 rings (SSSR count). The molecule has 1 atom stereocenters. The molecule has 0 aliphatic carbocycles. The highest BCUT2D eigenvalue weighted by Crippen LogP contribution is 2.22. The van der Waals surface area contributed by atoms with Gasteiger partial charge in [-0.2, -0.15) is 0 Å². The van der Waals surface area contributed by atoms with Crippen molar-refractivity contribution in [1.29, 1.82) is 0 Å². The third-order valence-corrected chi connectivity index (χ3v) is 5.03. The van der Waals surface area contributed by atoms with Gasteiger partial charge in [-0.1, -0.05) is 12.1 Å². The molecule has 1 fully saturated rings. The molecule has 1 aromatic heterocycles. The summed E-state index contributed by atoms with van der Waals surface area (Å²) in [5.41, 5.74) is 0.982. The van der Waals surface area contributed by atoms with Crippen molar-refractivity contribution >= 4 is 33.5 Å². The van der Waals surface area contributed by atoms with Crippen molar-refractivity contribution < 1.29 is 4.79 Å². The van der Waals surface area contributed by atoms with Crippen LogP contribution in [0.3, 0.4) is 0 Å². The Labute approximate surface area is 134 Å². The molecule has 0 spiro atoms. The quantitative estimate of drug-likeness (QED) is 0.863. The van der Waals surface area contributed by atoms with Gasteiger partial charge in [-0.15, -0.1) is 11.3 Å². The summed E-state index contributed by atoms with van der Waals surface area (Å²) in [6, 6.07) is 8.41. The van der Waals surface area contributed by atoms with Crippen molar-refractivity contribution in [3.05, 3.63) is 35.3 Å². The van der Waals surface area contributed by atoms with Crippen molar-refractivity contribution in [2.75, 3.05) is 19.6 Å². The fourth-order valence-electron chi connectivity index (χ4n) is 2.73. The van der Waals surface area contributed by atoms with E-state index in [2.05, 4.69) is 22.1 Å². The van der Waals surface area contributed by atoms with Crippen molar-refractivity contribution in [3.8, 4) is 0 Å². The Kier molecular flexibility index (Phi) is 4.85. The predicted molar refractivity (Wildman–Crippen MR) is 91.9 cm³/mol. The molecule has 1 aliphatic rings. The number of nitrogens with zero attached hydrogens (tertiary/aromatic N) is 2. The van der Waals surface area contributed by atoms with Crippen LogP contribution in [0.25, 0.3) is 16.3 Å². The molecule has 5 heteroatoms. The van der Waals surface area contributed by atoms with Gasteiger partial charge in [0.1, 0.15) is 5.01 Å². The molecule has 116 valence electrons. The minimum atomic E-state index is -0.0506. The lowest BCUT2D eigenvalue weighted by molar-refractivity contribution is -0.116. The standard InChI is InChI=1S/C17H21N3OS/c1-13(20-10-4-5-11-20)12-18-16(21)8-9-17-19-14-6-2-3-7-15(14)22-17/h2-3,6-9,13H,4-5,10-12H2,1H3,(H,18,21)/b9-8+. The van der Waals surface area contributed by atoms with Gasteiger partial charge in [0.25, 0.3) is 0 Å². The van der Waals surface area contributed by atoms with E-state index in [1.54, 1.807) is 23.5 Å². The molecule has 1 N–H and O–H groups in total. The molecule has 0 saturated carbocycles. The first-order valence-corrected chi connectivity index (χ1v) is 8.59. The Morgan fingerprint density at radius 3 is 2.95 bits per heavy atom. The number of thiazole rings is 1. The number of carbonyl (C=O) groups is 1. The average molecular weight is 315 g/mol. The first-order chi connectivity index (χ1) is 10.7. The van der Waals surface area contributed by atoms with E-state index in [1.165, 1.54) is 12.8 Å². The number of rotatable bonds is 5. The second kappa shape index (κ2) is 7.03. The van der Waals surface area contributed by atoms with Crippen LogP contribution in [0.4, 0.5) is 0 Å². The zero-order valence-corrected chi connectivity index (χ0v) is 13.6. The van der Waals surface area contributed by atoms with Gasteiger partial charge in [-0.05, 0) is 51.1 Å². The Balaban J connectivity index is 1.52. The van der Waals surface area contributed by atoms with E-state index in [-0.39, 0.29) is 5.91 Å². The molecule has 2 aromatic rings. The number of hydrogen-bond donors (Lipinski definition) is 1. The number of fused-ring (bicyclic) bond motifs is 1. The van der Waals surface area contributed by atoms with E-state index in [1.807, 2.05) is 24.3 Å². The van der Waals surface area contributed by atoms with Crippen LogP contribution < -0.4 is 5.32 Å². The molecule has 2 heterocycles. The monoisotopic (exact) mass is 315 g/mol. The fraction of sp³-hybridized carbons (Fsp3) is 0.412. The summed E-state index contributed by atoms with van der Waals surface area (Å²) in [4.78, 5) is 18.8. The normalized spacial score (nSPS) is 17.3. The number of likely N-dealkylation sites (tertiary alicyclic amines) is 1. The summed E-state index contributed by atoms with van der Waals surface area (Å²) in [5, 5.41) is 3.84. The van der Waals surface area contributed by atoms with Gasteiger partial charge in [0.15, 0.2) is 0 Å². The minimum absolute atomic E-state index is 0.0506. The molecule has 4 nitrogen and oxygen atoms in total. The van der Waals surface area contributed by atoms with Crippen molar-refractivity contribution in [2.45, 2.75) is 25.8 Å². The van der Waals surface area contributed by atoms with Crippen LogP contribution in [0.5, 0.6) is 0 Å². The van der Waals surface area contributed by atoms with Gasteiger partial charge in [0, 0.05) is 18.7 Å². The van der Waals surface area contributed by atoms with Gasteiger partial charge >= 0.3 is 0 Å². The smallest absolute Gasteiger partial charge is 0.244 e. The Bertz CT molecular complexity index is 640. The van der Waals surface area contributed by atoms with Crippen LogP contribution in [0.1, 0.15) is 24.8 Å². The van der Waals surface area contributed by atoms with E-state index in [0.29, 0.717) is 12.6 Å². The molecule has 1 saturated heterocycles. The third-order valence-electron chi connectivity index (χ3n) is 4.02. The Morgan fingerprint density at radius 2 is 2.18 bits per heavy atom. The maximum absolute atomic E-state index is 11.9. The lowest BCUT2D eigenvalue weighted by Crippen LogP contribution is -2.40. The van der Waals surface area contributed by atoms with Crippen LogP contribution in [0.15, 0.2) is 30.3 Å². The van der Waals surface area contributed by atoms with Crippen molar-refractivity contribution in [3.63, 3.8) is 0 Å². The third kappa shape index (κ3) is 3.72. The van der Waals surface area contributed by atoms with Crippen LogP contribution in [-0.4, -0.2) is 41.5 Å². The number of hydrogen-bond acceptors (Lipinski definition) is 4. The second-order valence-electron chi connectivity index (χ2n) is 5.69. The summed E-state index contributed by atoms with van der Waals surface area (Å²) in [7, 11) is 0. The lowest BCUT2D eigenvalue weighted by Gasteiger charge is -2.23. The maximum atomic E-state index is 11.9. The van der Waals surface area contributed by atoms with Crippen molar-refractivity contribution in [1.82, 2.24) is 15.2 Å². The number of aromatic nitrogens is 1. The first kappa shape index (κ1) is 15.2. The van der Waals surface area contributed by atoms with Crippen LogP contribution >= 0.6 is 11.3 Å². The molecule has 1 aliphatic heterocycles. The van der Waals surface area contributed by atoms with Gasteiger partial charge in [0.2, 0.25) is 5.91 Å².